The molecule has 1 aromatic rings. The summed E-state index contributed by atoms with van der Waals surface area (Å²) in [6, 6.07) is 0.492. The Labute approximate surface area is 136 Å². The van der Waals surface area contributed by atoms with Crippen molar-refractivity contribution in [3.05, 3.63) is 24.3 Å². The fourth-order valence-electron chi connectivity index (χ4n) is 1.68. The third-order valence-corrected chi connectivity index (χ3v) is 3.40. The van der Waals surface area contributed by atoms with Crippen LogP contribution in [0.4, 0.5) is 0 Å². The Hall–Kier alpha value is -2.15. The quantitative estimate of drug-likeness (QED) is 0.510. The molecule has 2 heterocycles. The minimum Gasteiger partial charge on any atom is -0.460 e. The number of aromatic nitrogens is 3. The van der Waals surface area contributed by atoms with E-state index in [1.165, 1.54) is 0 Å². The van der Waals surface area contributed by atoms with Crippen molar-refractivity contribution in [1.82, 2.24) is 15.0 Å². The number of hydrogen-bond acceptors (Lipinski definition) is 7. The Bertz CT molecular complexity index is 542. The number of ether oxygens (including phenoxy) is 4. The lowest BCUT2D eigenvalue weighted by Crippen LogP contribution is -2.20. The highest BCUT2D eigenvalue weighted by Gasteiger charge is 2.49. The number of rotatable bonds is 9. The third-order valence-electron chi connectivity index (χ3n) is 3.40. The Morgan fingerprint density at radius 2 is 1.39 bits per heavy atom. The van der Waals surface area contributed by atoms with Crippen LogP contribution >= 0.6 is 0 Å². The van der Waals surface area contributed by atoms with E-state index < -0.39 is 0 Å². The van der Waals surface area contributed by atoms with Crippen LogP contribution in [-0.4, -0.2) is 46.5 Å². The molecule has 2 unspecified atom stereocenters. The average molecular weight is 321 g/mol. The highest BCUT2D eigenvalue weighted by Crippen LogP contribution is 2.35. The second-order valence-electron chi connectivity index (χ2n) is 5.30. The lowest BCUT2D eigenvalue weighted by atomic mass is 10.1. The van der Waals surface area contributed by atoms with Crippen LogP contribution in [0.2, 0.25) is 0 Å². The molecule has 0 spiro atoms. The maximum Gasteiger partial charge on any atom is 0.326 e. The molecule has 0 aliphatic carbocycles. The molecular formula is C16H23N3O4. The first-order valence-corrected chi connectivity index (χ1v) is 7.62. The van der Waals surface area contributed by atoms with Gasteiger partial charge in [-0.25, -0.2) is 0 Å². The van der Waals surface area contributed by atoms with E-state index in [0.29, 0.717) is 19.8 Å². The van der Waals surface area contributed by atoms with Crippen molar-refractivity contribution in [2.24, 2.45) is 0 Å². The normalized spacial score (nSPS) is 23.4. The van der Waals surface area contributed by atoms with Gasteiger partial charge in [-0.3, -0.25) is 0 Å². The van der Waals surface area contributed by atoms with Crippen molar-refractivity contribution < 1.29 is 18.9 Å². The van der Waals surface area contributed by atoms with Crippen LogP contribution in [0.3, 0.4) is 0 Å². The molecule has 1 fully saturated rings. The Kier molecular flexibility index (Phi) is 5.92. The molecule has 0 saturated carbocycles. The third kappa shape index (κ3) is 5.21. The van der Waals surface area contributed by atoms with Gasteiger partial charge in [0.05, 0.1) is 6.10 Å². The molecule has 23 heavy (non-hydrogen) atoms. The van der Waals surface area contributed by atoms with Gasteiger partial charge >= 0.3 is 18.0 Å². The second-order valence-corrected chi connectivity index (χ2v) is 5.30. The van der Waals surface area contributed by atoms with Crippen LogP contribution in [0.5, 0.6) is 18.0 Å². The zero-order valence-corrected chi connectivity index (χ0v) is 14.0. The van der Waals surface area contributed by atoms with E-state index in [1.54, 1.807) is 0 Å². The first kappa shape index (κ1) is 17.2. The van der Waals surface area contributed by atoms with Crippen LogP contribution in [0, 0.1) is 0 Å². The van der Waals surface area contributed by atoms with Crippen molar-refractivity contribution in [2.45, 2.75) is 39.4 Å². The summed E-state index contributed by atoms with van der Waals surface area (Å²) in [5, 5.41) is 0. The molecule has 2 atom stereocenters. The topological polar surface area (TPSA) is 78.9 Å². The smallest absolute Gasteiger partial charge is 0.326 e. The van der Waals surface area contributed by atoms with Gasteiger partial charge in [-0.05, 0) is 27.7 Å². The lowest BCUT2D eigenvalue weighted by molar-refractivity contribution is 0.183. The van der Waals surface area contributed by atoms with E-state index in [9.17, 15) is 0 Å². The molecule has 1 aliphatic heterocycles. The van der Waals surface area contributed by atoms with Crippen molar-refractivity contribution in [1.29, 1.82) is 0 Å². The van der Waals surface area contributed by atoms with Gasteiger partial charge in [0.1, 0.15) is 25.4 Å². The molecule has 0 amide bonds. The summed E-state index contributed by atoms with van der Waals surface area (Å²) in [7, 11) is 0. The van der Waals surface area contributed by atoms with Crippen LogP contribution < -0.4 is 14.2 Å². The van der Waals surface area contributed by atoms with E-state index >= 15 is 0 Å². The molecular weight excluding hydrogens is 298 g/mol. The molecule has 1 aromatic heterocycles. The molecule has 1 saturated heterocycles. The predicted molar refractivity (Wildman–Crippen MR) is 84.9 cm³/mol. The summed E-state index contributed by atoms with van der Waals surface area (Å²) in [4.78, 5) is 12.4. The van der Waals surface area contributed by atoms with E-state index in [1.807, 2.05) is 52.0 Å². The molecule has 2 rings (SSSR count). The van der Waals surface area contributed by atoms with E-state index in [-0.39, 0.29) is 29.7 Å². The number of nitrogens with zero attached hydrogens (tertiary/aromatic N) is 3. The van der Waals surface area contributed by atoms with Gasteiger partial charge < -0.3 is 18.9 Å². The highest BCUT2D eigenvalue weighted by molar-refractivity contribution is 5.10. The van der Waals surface area contributed by atoms with Gasteiger partial charge in [0.2, 0.25) is 0 Å². The fourth-order valence-corrected chi connectivity index (χ4v) is 1.68. The number of allylic oxidation sites excluding steroid dienone is 2. The highest BCUT2D eigenvalue weighted by atomic mass is 16.6. The summed E-state index contributed by atoms with van der Waals surface area (Å²) < 4.78 is 22.0. The van der Waals surface area contributed by atoms with Crippen molar-refractivity contribution in [2.75, 3.05) is 19.8 Å². The summed E-state index contributed by atoms with van der Waals surface area (Å²) in [5.74, 6) is 0. The fraction of sp³-hybridized carbons (Fsp3) is 0.562. The molecule has 0 radical (unpaired) electrons. The molecule has 7 nitrogen and oxygen atoms in total. The lowest BCUT2D eigenvalue weighted by Gasteiger charge is -2.10. The number of epoxide rings is 1. The molecule has 126 valence electrons. The molecule has 0 bridgehead atoms. The second kappa shape index (κ2) is 7.92. The molecule has 1 aliphatic rings. The Balaban J connectivity index is 2.04. The molecule has 0 aromatic carbocycles. The van der Waals surface area contributed by atoms with Gasteiger partial charge in [0.25, 0.3) is 0 Å². The van der Waals surface area contributed by atoms with Crippen molar-refractivity contribution in [3.63, 3.8) is 0 Å². The SMILES string of the molecule is C/C=C/COc1nc(OC/C=C/C)nc(OCC2(C)OC2C)n1. The van der Waals surface area contributed by atoms with Crippen molar-refractivity contribution >= 4 is 0 Å². The summed E-state index contributed by atoms with van der Waals surface area (Å²) >= 11 is 0. The van der Waals surface area contributed by atoms with Crippen LogP contribution in [0.25, 0.3) is 0 Å². The Morgan fingerprint density at radius 1 is 0.957 bits per heavy atom. The minimum absolute atomic E-state index is 0.162. The standard InChI is InChI=1S/C16H23N3O4/c1-5-7-9-20-13-17-14(21-10-8-6-2)19-15(18-13)22-11-16(4)12(3)23-16/h5-8,12H,9-11H2,1-4H3/b7-5+,8-6+. The monoisotopic (exact) mass is 321 g/mol. The first-order chi connectivity index (χ1) is 11.1. The summed E-state index contributed by atoms with van der Waals surface area (Å²) in [6.45, 7) is 8.89. The largest absolute Gasteiger partial charge is 0.460 e. The van der Waals surface area contributed by atoms with E-state index in [0.717, 1.165) is 0 Å². The summed E-state index contributed by atoms with van der Waals surface area (Å²) in [6.07, 6.45) is 7.64. The van der Waals surface area contributed by atoms with E-state index in [4.69, 9.17) is 18.9 Å². The van der Waals surface area contributed by atoms with Crippen LogP contribution in [-0.2, 0) is 4.74 Å². The maximum atomic E-state index is 5.61. The van der Waals surface area contributed by atoms with Gasteiger partial charge in [-0.15, -0.1) is 15.0 Å². The summed E-state index contributed by atoms with van der Waals surface area (Å²) in [5.41, 5.74) is -0.287. The zero-order valence-electron chi connectivity index (χ0n) is 14.0. The molecule has 0 N–H and O–H groups in total. The van der Waals surface area contributed by atoms with Crippen molar-refractivity contribution in [3.8, 4) is 18.0 Å². The van der Waals surface area contributed by atoms with Gasteiger partial charge in [0, 0.05) is 0 Å². The first-order valence-electron chi connectivity index (χ1n) is 7.62. The Morgan fingerprint density at radius 3 is 1.78 bits per heavy atom. The average Bonchev–Trinajstić information content (AvgIpc) is 3.13. The van der Waals surface area contributed by atoms with E-state index in [2.05, 4.69) is 15.0 Å². The van der Waals surface area contributed by atoms with Gasteiger partial charge in [-0.2, -0.15) is 0 Å². The van der Waals surface area contributed by atoms with Crippen LogP contribution in [0.15, 0.2) is 24.3 Å². The zero-order chi connectivity index (χ0) is 16.7. The maximum absolute atomic E-state index is 5.61. The van der Waals surface area contributed by atoms with Gasteiger partial charge in [0.15, 0.2) is 0 Å². The minimum atomic E-state index is -0.287. The predicted octanol–water partition coefficient (Wildman–Crippen LogP) is 2.34. The molecule has 7 heteroatoms. The number of hydrogen-bond donors (Lipinski definition) is 0. The van der Waals surface area contributed by atoms with Gasteiger partial charge in [-0.1, -0.05) is 24.3 Å². The van der Waals surface area contributed by atoms with Crippen LogP contribution in [0.1, 0.15) is 27.7 Å².